The molecule has 1 unspecified atom stereocenters. The zero-order valence-electron chi connectivity index (χ0n) is 28.7. The Morgan fingerprint density at radius 1 is 0.932 bits per heavy atom. The summed E-state index contributed by atoms with van der Waals surface area (Å²) >= 11 is 0. The fourth-order valence-electron chi connectivity index (χ4n) is 12.6. The number of hydrogen-bond donors (Lipinski definition) is 1. The molecule has 0 radical (unpaired) electrons. The third kappa shape index (κ3) is 4.47. The lowest BCUT2D eigenvalue weighted by molar-refractivity contribution is -0.260. The number of esters is 2. The first kappa shape index (κ1) is 33.4. The molecule has 248 valence electrons. The molecule has 6 nitrogen and oxygen atoms in total. The lowest BCUT2D eigenvalue weighted by Gasteiger charge is -2.73. The molecule has 44 heavy (non-hydrogen) atoms. The van der Waals surface area contributed by atoms with Crippen molar-refractivity contribution >= 4 is 17.9 Å². The molecule has 0 aromatic rings. The Morgan fingerprint density at radius 2 is 1.59 bits per heavy atom. The maximum absolute atomic E-state index is 16.5. The number of ether oxygens (including phenoxy) is 2. The summed E-state index contributed by atoms with van der Waals surface area (Å²) in [5.74, 6) is -0.362. The Bertz CT molecular complexity index is 1220. The van der Waals surface area contributed by atoms with Crippen LogP contribution in [-0.2, 0) is 23.9 Å². The summed E-state index contributed by atoms with van der Waals surface area (Å²) in [7, 11) is 1.53. The third-order valence-electron chi connectivity index (χ3n) is 14.9. The number of carboxylic acids is 1. The Kier molecular flexibility index (Phi) is 8.02. The average molecular weight is 617 g/mol. The van der Waals surface area contributed by atoms with E-state index in [4.69, 9.17) is 9.47 Å². The molecule has 0 spiro atoms. The average Bonchev–Trinajstić information content (AvgIpc) is 3.31. The predicted molar refractivity (Wildman–Crippen MR) is 167 cm³/mol. The number of carbonyl (C=O) groups excluding carboxylic acids is 2. The fourth-order valence-corrected chi connectivity index (χ4v) is 12.6. The van der Waals surface area contributed by atoms with E-state index in [0.717, 1.165) is 51.4 Å². The van der Waals surface area contributed by atoms with Gasteiger partial charge in [-0.3, -0.25) is 14.4 Å². The first-order valence-corrected chi connectivity index (χ1v) is 17.0. The van der Waals surface area contributed by atoms with Crippen molar-refractivity contribution in [3.05, 3.63) is 12.2 Å². The molecule has 5 rings (SSSR count). The monoisotopic (exact) mass is 616 g/mol. The minimum Gasteiger partial charge on any atom is -0.481 e. The molecule has 0 aromatic carbocycles. The van der Waals surface area contributed by atoms with Gasteiger partial charge in [0.05, 0.1) is 24.4 Å². The molecule has 5 aliphatic rings. The van der Waals surface area contributed by atoms with E-state index < -0.39 is 40.5 Å². The minimum atomic E-state index is -1.32. The molecule has 7 heteroatoms. The van der Waals surface area contributed by atoms with Crippen molar-refractivity contribution in [2.45, 2.75) is 132 Å². The molecule has 0 amide bonds. The molecule has 11 atom stereocenters. The number of alkyl halides is 1. The number of carbonyl (C=O) groups is 3. The van der Waals surface area contributed by atoms with Gasteiger partial charge in [-0.2, -0.15) is 0 Å². The molecule has 0 bridgehead atoms. The van der Waals surface area contributed by atoms with Gasteiger partial charge in [0.25, 0.3) is 0 Å². The van der Waals surface area contributed by atoms with E-state index in [2.05, 4.69) is 48.1 Å². The van der Waals surface area contributed by atoms with Crippen LogP contribution >= 0.6 is 0 Å². The summed E-state index contributed by atoms with van der Waals surface area (Å²) in [6.45, 7) is 20.9. The van der Waals surface area contributed by atoms with Crippen LogP contribution < -0.4 is 0 Å². The molecular weight excluding hydrogens is 559 g/mol. The van der Waals surface area contributed by atoms with Crippen LogP contribution in [0.3, 0.4) is 0 Å². The van der Waals surface area contributed by atoms with Crippen molar-refractivity contribution in [1.29, 1.82) is 0 Å². The number of allylic oxidation sites excluding steroid dienone is 1. The number of hydrogen-bond acceptors (Lipinski definition) is 5. The largest absolute Gasteiger partial charge is 0.481 e. The third-order valence-corrected chi connectivity index (χ3v) is 14.9. The summed E-state index contributed by atoms with van der Waals surface area (Å²) in [5, 5.41) is 9.51. The molecule has 5 saturated carbocycles. The summed E-state index contributed by atoms with van der Waals surface area (Å²) in [6.07, 6.45) is 5.47. The SMILES string of the molecule is C=C(C)[C@@H]1CC[C@]2(C(=O)OC)CC[C@]3(C)[C@H](CC[C@@H]4[C@@]5(C)CC(F)[C@H](OC(=O)CC(C)(C)C(=O)O)C(C)(C)[C@@H]5CC[C@]43C)[C@@H]12. The molecule has 0 aromatic heterocycles. The van der Waals surface area contributed by atoms with Crippen LogP contribution in [0.25, 0.3) is 0 Å². The number of methoxy groups -OCH3 is 1. The van der Waals surface area contributed by atoms with Crippen LogP contribution in [0, 0.1) is 62.1 Å². The highest BCUT2D eigenvalue weighted by molar-refractivity contribution is 5.81. The molecule has 1 N–H and O–H groups in total. The topological polar surface area (TPSA) is 89.9 Å². The maximum atomic E-state index is 16.5. The Morgan fingerprint density at radius 3 is 2.18 bits per heavy atom. The first-order chi connectivity index (χ1) is 20.2. The minimum absolute atomic E-state index is 0.00576. The van der Waals surface area contributed by atoms with Crippen LogP contribution in [0.4, 0.5) is 4.39 Å². The van der Waals surface area contributed by atoms with E-state index >= 15 is 4.39 Å². The number of fused-ring (bicyclic) bond motifs is 7. The van der Waals surface area contributed by atoms with Crippen LogP contribution in [0.2, 0.25) is 0 Å². The maximum Gasteiger partial charge on any atom is 0.312 e. The number of carboxylic acid groups (broad SMARTS) is 1. The van der Waals surface area contributed by atoms with E-state index in [1.807, 2.05) is 0 Å². The quantitative estimate of drug-likeness (QED) is 0.239. The van der Waals surface area contributed by atoms with Crippen molar-refractivity contribution in [3.63, 3.8) is 0 Å². The van der Waals surface area contributed by atoms with Gasteiger partial charge in [0, 0.05) is 5.41 Å². The van der Waals surface area contributed by atoms with Crippen LogP contribution in [-0.4, -0.2) is 42.4 Å². The van der Waals surface area contributed by atoms with Gasteiger partial charge in [-0.25, -0.2) is 4.39 Å². The predicted octanol–water partition coefficient (Wildman–Crippen LogP) is 8.18. The van der Waals surface area contributed by atoms with Gasteiger partial charge in [0.1, 0.15) is 12.3 Å². The summed E-state index contributed by atoms with van der Waals surface area (Å²) in [4.78, 5) is 38.1. The zero-order valence-corrected chi connectivity index (χ0v) is 28.7. The van der Waals surface area contributed by atoms with Crippen LogP contribution in [0.15, 0.2) is 12.2 Å². The van der Waals surface area contributed by atoms with Crippen LogP contribution in [0.5, 0.6) is 0 Å². The van der Waals surface area contributed by atoms with E-state index in [1.165, 1.54) is 26.5 Å². The number of aliphatic carboxylic acids is 1. The second-order valence-corrected chi connectivity index (χ2v) is 17.7. The molecular formula is C37H57FO6. The first-order valence-electron chi connectivity index (χ1n) is 17.0. The molecule has 0 heterocycles. The van der Waals surface area contributed by atoms with Gasteiger partial charge in [0.2, 0.25) is 0 Å². The van der Waals surface area contributed by atoms with Gasteiger partial charge in [-0.05, 0) is 124 Å². The van der Waals surface area contributed by atoms with Gasteiger partial charge in [0.15, 0.2) is 0 Å². The van der Waals surface area contributed by atoms with E-state index in [1.54, 1.807) is 0 Å². The highest BCUT2D eigenvalue weighted by atomic mass is 19.1. The normalized spacial score (nSPS) is 46.0. The Hall–Kier alpha value is -1.92. The van der Waals surface area contributed by atoms with E-state index in [0.29, 0.717) is 24.2 Å². The fraction of sp³-hybridized carbons (Fsp3) is 0.865. The van der Waals surface area contributed by atoms with Gasteiger partial charge < -0.3 is 14.6 Å². The zero-order chi connectivity index (χ0) is 32.8. The van der Waals surface area contributed by atoms with Crippen molar-refractivity contribution < 1.29 is 33.4 Å². The molecule has 5 aliphatic carbocycles. The second-order valence-electron chi connectivity index (χ2n) is 17.7. The Balaban J connectivity index is 1.46. The molecule has 0 aliphatic heterocycles. The molecule has 0 saturated heterocycles. The van der Waals surface area contributed by atoms with Crippen molar-refractivity contribution in [2.75, 3.05) is 7.11 Å². The summed E-state index contributed by atoms with van der Waals surface area (Å²) in [6, 6.07) is 0. The van der Waals surface area contributed by atoms with E-state index in [-0.39, 0.29) is 40.5 Å². The van der Waals surface area contributed by atoms with Crippen LogP contribution in [0.1, 0.15) is 120 Å². The lowest BCUT2D eigenvalue weighted by Crippen LogP contribution is -2.68. The highest BCUT2D eigenvalue weighted by Gasteiger charge is 2.73. The Labute approximate surface area is 264 Å². The second kappa shape index (κ2) is 10.6. The van der Waals surface area contributed by atoms with Gasteiger partial charge in [-0.1, -0.05) is 46.8 Å². The van der Waals surface area contributed by atoms with Crippen molar-refractivity contribution in [2.24, 2.45) is 62.1 Å². The van der Waals surface area contributed by atoms with Crippen molar-refractivity contribution in [1.82, 2.24) is 0 Å². The number of halogens is 1. The number of rotatable bonds is 6. The van der Waals surface area contributed by atoms with Gasteiger partial charge >= 0.3 is 17.9 Å². The van der Waals surface area contributed by atoms with Crippen molar-refractivity contribution in [3.8, 4) is 0 Å². The standard InChI is InChI=1S/C37H57FO6/c1-21(2)22-13-16-37(31(42)43-10)18-17-35(8)23(28(22)37)11-12-26-34(7)19-24(38)29(44-27(39)20-32(3,4)30(40)41)33(5,6)25(34)14-15-36(26,35)9/h22-26,28-29H,1,11-20H2,2-10H3,(H,40,41)/t22-,23+,24?,25-,26+,28+,29-,34-,35+,36+,37-/m0/s1. The van der Waals surface area contributed by atoms with E-state index in [9.17, 15) is 19.5 Å². The van der Waals surface area contributed by atoms with Gasteiger partial charge in [-0.15, -0.1) is 0 Å². The summed E-state index contributed by atoms with van der Waals surface area (Å²) in [5.41, 5.74) is -1.41. The molecule has 5 fully saturated rings. The highest BCUT2D eigenvalue weighted by Crippen LogP contribution is 2.77. The lowest BCUT2D eigenvalue weighted by atomic mass is 9.32. The smallest absolute Gasteiger partial charge is 0.312 e. The summed E-state index contributed by atoms with van der Waals surface area (Å²) < 4.78 is 27.8.